The van der Waals surface area contributed by atoms with Gasteiger partial charge in [-0.2, -0.15) is 5.10 Å². The van der Waals surface area contributed by atoms with Gasteiger partial charge in [0, 0.05) is 18.3 Å². The summed E-state index contributed by atoms with van der Waals surface area (Å²) in [6.45, 7) is 3.60. The summed E-state index contributed by atoms with van der Waals surface area (Å²) in [5, 5.41) is 15.8. The van der Waals surface area contributed by atoms with Crippen molar-refractivity contribution in [2.45, 2.75) is 26.3 Å². The van der Waals surface area contributed by atoms with Gasteiger partial charge < -0.3 is 10.4 Å². The van der Waals surface area contributed by atoms with Crippen molar-refractivity contribution in [3.05, 3.63) is 51.6 Å². The van der Waals surface area contributed by atoms with Gasteiger partial charge in [-0.3, -0.25) is 9.48 Å². The molecule has 1 amide bonds. The maximum Gasteiger partial charge on any atom is 0.330 e. The summed E-state index contributed by atoms with van der Waals surface area (Å²) in [6.07, 6.45) is -0.00857. The number of hydrogen-bond donors (Lipinski definition) is 2. The van der Waals surface area contributed by atoms with Crippen LogP contribution in [0.5, 0.6) is 0 Å². The lowest BCUT2D eigenvalue weighted by Crippen LogP contribution is -2.35. The molecular weight excluding hydrogens is 337 g/mol. The van der Waals surface area contributed by atoms with Crippen molar-refractivity contribution in [3.8, 4) is 0 Å². The number of hydrogen-bond acceptors (Lipinski definition) is 3. The minimum absolute atomic E-state index is 0.00857. The Hall–Kier alpha value is -2.41. The smallest absolute Gasteiger partial charge is 0.330 e. The fourth-order valence-corrected chi connectivity index (χ4v) is 2.54. The monoisotopic (exact) mass is 353 g/mol. The summed E-state index contributed by atoms with van der Waals surface area (Å²) in [5.74, 6) is -2.52. The topological polar surface area (TPSA) is 84.2 Å². The zero-order valence-corrected chi connectivity index (χ0v) is 14.2. The number of carbonyl (C=O) groups is 2. The molecule has 8 heteroatoms. The van der Waals surface area contributed by atoms with E-state index in [-0.39, 0.29) is 17.0 Å². The third kappa shape index (κ3) is 3.73. The largest absolute Gasteiger partial charge is 0.479 e. The van der Waals surface area contributed by atoms with E-state index in [1.54, 1.807) is 18.7 Å². The van der Waals surface area contributed by atoms with Crippen molar-refractivity contribution in [1.29, 1.82) is 0 Å². The molecule has 2 N–H and O–H groups in total. The molecule has 128 valence electrons. The van der Waals surface area contributed by atoms with Crippen LogP contribution >= 0.6 is 11.6 Å². The van der Waals surface area contributed by atoms with E-state index in [4.69, 9.17) is 11.6 Å². The number of nitrogens with zero attached hydrogens (tertiary/aromatic N) is 2. The Labute approximate surface area is 143 Å². The number of halogens is 2. The Kier molecular flexibility index (Phi) is 5.23. The Morgan fingerprint density at radius 2 is 2.08 bits per heavy atom. The molecule has 0 radical (unpaired) electrons. The van der Waals surface area contributed by atoms with Gasteiger partial charge >= 0.3 is 5.97 Å². The number of nitrogens with one attached hydrogen (secondary N) is 1. The standard InChI is InChI=1S/C16H17ClFN3O3/c1-8-11(9(2)21(3)20-8)7-14(22)19-15(16(23)24)10-4-5-12(17)13(18)6-10/h4-6,15H,7H2,1-3H3,(H,19,22)(H,23,24). The van der Waals surface area contributed by atoms with Gasteiger partial charge in [0.2, 0.25) is 5.91 Å². The van der Waals surface area contributed by atoms with Crippen LogP contribution in [0.25, 0.3) is 0 Å². The molecule has 0 bridgehead atoms. The van der Waals surface area contributed by atoms with Gasteiger partial charge in [0.15, 0.2) is 6.04 Å². The summed E-state index contributed by atoms with van der Waals surface area (Å²) in [7, 11) is 1.76. The molecule has 0 aliphatic heterocycles. The number of rotatable bonds is 5. The molecule has 0 spiro atoms. The van der Waals surface area contributed by atoms with Crippen LogP contribution in [0.1, 0.15) is 28.6 Å². The zero-order chi connectivity index (χ0) is 18.0. The quantitative estimate of drug-likeness (QED) is 0.864. The molecule has 1 heterocycles. The van der Waals surface area contributed by atoms with Crippen LogP contribution in [0, 0.1) is 19.7 Å². The molecule has 0 aliphatic rings. The number of benzene rings is 1. The van der Waals surface area contributed by atoms with Crippen LogP contribution in [-0.4, -0.2) is 26.8 Å². The first-order valence-electron chi connectivity index (χ1n) is 7.17. The van der Waals surface area contributed by atoms with Crippen LogP contribution in [0.2, 0.25) is 5.02 Å². The van der Waals surface area contributed by atoms with E-state index >= 15 is 0 Å². The van der Waals surface area contributed by atoms with Gasteiger partial charge in [0.1, 0.15) is 5.82 Å². The number of carbonyl (C=O) groups excluding carboxylic acids is 1. The van der Waals surface area contributed by atoms with Gasteiger partial charge in [-0.25, -0.2) is 9.18 Å². The lowest BCUT2D eigenvalue weighted by Gasteiger charge is -2.15. The van der Waals surface area contributed by atoms with E-state index in [9.17, 15) is 19.1 Å². The summed E-state index contributed by atoms with van der Waals surface area (Å²) < 4.78 is 15.2. The highest BCUT2D eigenvalue weighted by Gasteiger charge is 2.24. The van der Waals surface area contributed by atoms with Crippen LogP contribution in [0.3, 0.4) is 0 Å². The highest BCUT2D eigenvalue weighted by atomic mass is 35.5. The highest BCUT2D eigenvalue weighted by Crippen LogP contribution is 2.21. The second-order valence-electron chi connectivity index (χ2n) is 5.46. The summed E-state index contributed by atoms with van der Waals surface area (Å²) in [6, 6.07) is 2.26. The van der Waals surface area contributed by atoms with Crippen molar-refractivity contribution in [3.63, 3.8) is 0 Å². The molecule has 6 nitrogen and oxygen atoms in total. The lowest BCUT2D eigenvalue weighted by molar-refractivity contribution is -0.142. The molecule has 1 aromatic heterocycles. The van der Waals surface area contributed by atoms with Crippen molar-refractivity contribution >= 4 is 23.5 Å². The molecule has 0 fully saturated rings. The van der Waals surface area contributed by atoms with Gasteiger partial charge in [0.25, 0.3) is 0 Å². The van der Waals surface area contributed by atoms with E-state index in [1.165, 1.54) is 12.1 Å². The van der Waals surface area contributed by atoms with Crippen LogP contribution in [0.15, 0.2) is 18.2 Å². The molecule has 1 atom stereocenters. The average Bonchev–Trinajstić information content (AvgIpc) is 2.74. The van der Waals surface area contributed by atoms with E-state index in [0.29, 0.717) is 5.69 Å². The number of aryl methyl sites for hydroxylation is 2. The van der Waals surface area contributed by atoms with Gasteiger partial charge in [-0.15, -0.1) is 0 Å². The van der Waals surface area contributed by atoms with Crippen LogP contribution in [-0.2, 0) is 23.1 Å². The molecular formula is C16H17ClFN3O3. The molecule has 24 heavy (non-hydrogen) atoms. The van der Waals surface area contributed by atoms with Gasteiger partial charge in [-0.1, -0.05) is 17.7 Å². The summed E-state index contributed by atoms with van der Waals surface area (Å²) in [4.78, 5) is 23.7. The Bertz CT molecular complexity index is 804. The number of amides is 1. The van der Waals surface area contributed by atoms with Gasteiger partial charge in [0.05, 0.1) is 17.1 Å². The fraction of sp³-hybridized carbons (Fsp3) is 0.312. The summed E-state index contributed by atoms with van der Waals surface area (Å²) >= 11 is 5.60. The highest BCUT2D eigenvalue weighted by molar-refractivity contribution is 6.30. The first-order valence-corrected chi connectivity index (χ1v) is 7.54. The average molecular weight is 354 g/mol. The Morgan fingerprint density at radius 3 is 2.58 bits per heavy atom. The second kappa shape index (κ2) is 7.00. The molecule has 0 aliphatic carbocycles. The molecule has 0 saturated carbocycles. The third-order valence-electron chi connectivity index (χ3n) is 3.83. The van der Waals surface area contributed by atoms with E-state index in [1.807, 2.05) is 6.92 Å². The number of carboxylic acid groups (broad SMARTS) is 1. The fourth-order valence-electron chi connectivity index (χ4n) is 2.43. The van der Waals surface area contributed by atoms with E-state index < -0.39 is 23.7 Å². The Morgan fingerprint density at radius 1 is 1.42 bits per heavy atom. The summed E-state index contributed by atoms with van der Waals surface area (Å²) in [5.41, 5.74) is 2.38. The van der Waals surface area contributed by atoms with E-state index in [2.05, 4.69) is 10.4 Å². The minimum Gasteiger partial charge on any atom is -0.479 e. The normalized spacial score (nSPS) is 12.0. The SMILES string of the molecule is Cc1nn(C)c(C)c1CC(=O)NC(C(=O)O)c1ccc(Cl)c(F)c1. The molecule has 0 saturated heterocycles. The molecule has 1 unspecified atom stereocenters. The first-order chi connectivity index (χ1) is 11.2. The van der Waals surface area contributed by atoms with Gasteiger partial charge in [-0.05, 0) is 31.5 Å². The zero-order valence-electron chi connectivity index (χ0n) is 13.4. The minimum atomic E-state index is -1.36. The Balaban J connectivity index is 2.20. The first kappa shape index (κ1) is 17.9. The predicted molar refractivity (Wildman–Crippen MR) is 86.3 cm³/mol. The predicted octanol–water partition coefficient (Wildman–Crippen LogP) is 2.31. The molecule has 1 aromatic carbocycles. The number of carboxylic acids is 1. The molecule has 2 aromatic rings. The van der Waals surface area contributed by atoms with Crippen molar-refractivity contribution < 1.29 is 19.1 Å². The van der Waals surface area contributed by atoms with Crippen molar-refractivity contribution in [2.24, 2.45) is 7.05 Å². The number of aromatic nitrogens is 2. The van der Waals surface area contributed by atoms with E-state index in [0.717, 1.165) is 17.3 Å². The number of aliphatic carboxylic acids is 1. The second-order valence-corrected chi connectivity index (χ2v) is 5.87. The van der Waals surface area contributed by atoms with Crippen molar-refractivity contribution in [1.82, 2.24) is 15.1 Å². The maximum atomic E-state index is 13.5. The van der Waals surface area contributed by atoms with Crippen molar-refractivity contribution in [2.75, 3.05) is 0 Å². The van der Waals surface area contributed by atoms with Crippen LogP contribution < -0.4 is 5.32 Å². The molecule has 2 rings (SSSR count). The lowest BCUT2D eigenvalue weighted by atomic mass is 10.1. The third-order valence-corrected chi connectivity index (χ3v) is 4.13. The maximum absolute atomic E-state index is 13.5. The van der Waals surface area contributed by atoms with Crippen LogP contribution in [0.4, 0.5) is 4.39 Å².